The maximum atomic E-state index is 8.88. The van der Waals surface area contributed by atoms with Gasteiger partial charge in [-0.15, -0.1) is 0 Å². The molecule has 0 aromatic heterocycles. The molecule has 0 aliphatic heterocycles. The van der Waals surface area contributed by atoms with Crippen LogP contribution in [0.4, 0.5) is 0 Å². The van der Waals surface area contributed by atoms with Crippen molar-refractivity contribution in [3.8, 4) is 11.1 Å². The minimum Gasteiger partial charge on any atom is -0.303 e. The predicted molar refractivity (Wildman–Crippen MR) is 219 cm³/mol. The van der Waals surface area contributed by atoms with Crippen LogP contribution in [0.2, 0.25) is 0 Å². The van der Waals surface area contributed by atoms with Gasteiger partial charge in [0.25, 0.3) is 0 Å². The summed E-state index contributed by atoms with van der Waals surface area (Å²) < 4.78 is 8.88. The molecule has 4 nitrogen and oxygen atoms in total. The number of phosphoric acid groups is 1. The van der Waals surface area contributed by atoms with Gasteiger partial charge in [-0.3, -0.25) is 0 Å². The van der Waals surface area contributed by atoms with E-state index in [4.69, 9.17) is 19.2 Å². The Morgan fingerprint density at radius 1 is 0.333 bits per heavy atom. The van der Waals surface area contributed by atoms with Gasteiger partial charge < -0.3 is 14.7 Å². The van der Waals surface area contributed by atoms with Crippen LogP contribution in [0.1, 0.15) is 0 Å². The van der Waals surface area contributed by atoms with Crippen molar-refractivity contribution in [2.45, 2.75) is 0 Å². The average Bonchev–Trinajstić information content (AvgIpc) is 3.16. The molecule has 0 saturated heterocycles. The van der Waals surface area contributed by atoms with E-state index in [1.165, 1.54) is 64.5 Å². The van der Waals surface area contributed by atoms with E-state index < -0.39 is 23.7 Å². The highest BCUT2D eigenvalue weighted by atomic mass is 31.2. The highest BCUT2D eigenvalue weighted by Crippen LogP contribution is 2.45. The summed E-state index contributed by atoms with van der Waals surface area (Å²) in [6.07, 6.45) is 0. The maximum Gasteiger partial charge on any atom is 0.466 e. The molecule has 8 aromatic rings. The molecule has 51 heavy (non-hydrogen) atoms. The zero-order valence-corrected chi connectivity index (χ0v) is 30.3. The van der Waals surface area contributed by atoms with E-state index in [0.717, 1.165) is 0 Å². The van der Waals surface area contributed by atoms with E-state index in [1.54, 1.807) is 0 Å². The van der Waals surface area contributed by atoms with Gasteiger partial charge in [-0.05, 0) is 80.3 Å². The first-order valence-corrected chi connectivity index (χ1v) is 20.7. The first-order chi connectivity index (χ1) is 24.9. The summed E-state index contributed by atoms with van der Waals surface area (Å²) in [6, 6.07) is 71.8. The summed E-state index contributed by atoms with van der Waals surface area (Å²) in [5, 5.41) is 13.3. The van der Waals surface area contributed by atoms with E-state index in [0.29, 0.717) is 0 Å². The fourth-order valence-electron chi connectivity index (χ4n) is 6.58. The van der Waals surface area contributed by atoms with E-state index in [2.05, 4.69) is 194 Å². The van der Waals surface area contributed by atoms with Crippen LogP contribution >= 0.6 is 23.7 Å². The van der Waals surface area contributed by atoms with Crippen LogP contribution in [-0.4, -0.2) is 14.7 Å². The van der Waals surface area contributed by atoms with Crippen LogP contribution in [0.5, 0.6) is 0 Å². The average molecular weight is 721 g/mol. The Labute approximate surface area is 300 Å². The SMILES string of the molecule is O=P(O)(O)O.c1ccc(P(c2ccccc2)c2ccc3ccccc3c2-c2c(P(c3ccccc3)c3ccccc3)ccc3ccccc23)cc1. The lowest BCUT2D eigenvalue weighted by Crippen LogP contribution is -2.26. The van der Waals surface area contributed by atoms with Crippen molar-refractivity contribution < 1.29 is 19.2 Å². The van der Waals surface area contributed by atoms with Crippen molar-refractivity contribution in [1.82, 2.24) is 0 Å². The molecular formula is C44H35O4P3. The van der Waals surface area contributed by atoms with Crippen molar-refractivity contribution in [2.75, 3.05) is 0 Å². The van der Waals surface area contributed by atoms with Gasteiger partial charge in [0.2, 0.25) is 0 Å². The largest absolute Gasteiger partial charge is 0.466 e. The third-order valence-corrected chi connectivity index (χ3v) is 13.6. The van der Waals surface area contributed by atoms with Gasteiger partial charge in [0.15, 0.2) is 0 Å². The van der Waals surface area contributed by atoms with Crippen molar-refractivity contribution in [3.63, 3.8) is 0 Å². The fourth-order valence-corrected chi connectivity index (χ4v) is 11.5. The standard InChI is InChI=1S/C44H32P2.H3O4P/c1-5-19-35(20-6-1)45(36-21-7-2-8-22-36)41-31-29-33-17-13-15-27-39(33)43(41)44-40-28-16-14-18-34(40)30-32-42(44)46(37-23-9-3-10-24-37)38-25-11-4-12-26-38;1-5(2,3)4/h1-32H;(H3,1,2,3,4). The molecule has 8 aromatic carbocycles. The van der Waals surface area contributed by atoms with Crippen LogP contribution in [0.3, 0.4) is 0 Å². The van der Waals surface area contributed by atoms with E-state index in [-0.39, 0.29) is 0 Å². The summed E-state index contributed by atoms with van der Waals surface area (Å²) in [5.41, 5.74) is 2.70. The van der Waals surface area contributed by atoms with Gasteiger partial charge in [-0.1, -0.05) is 194 Å². The highest BCUT2D eigenvalue weighted by molar-refractivity contribution is 7.80. The Balaban J connectivity index is 0.000000761. The zero-order valence-electron chi connectivity index (χ0n) is 27.6. The smallest absolute Gasteiger partial charge is 0.303 e. The van der Waals surface area contributed by atoms with Gasteiger partial charge in [0.05, 0.1) is 0 Å². The van der Waals surface area contributed by atoms with Crippen LogP contribution in [-0.2, 0) is 4.57 Å². The van der Waals surface area contributed by atoms with Gasteiger partial charge in [0.1, 0.15) is 0 Å². The number of fused-ring (bicyclic) bond motifs is 2. The Bertz CT molecular complexity index is 2180. The number of hydrogen-bond donors (Lipinski definition) is 3. The molecule has 8 rings (SSSR count). The lowest BCUT2D eigenvalue weighted by atomic mass is 9.93. The Morgan fingerprint density at radius 2 is 0.588 bits per heavy atom. The lowest BCUT2D eigenvalue weighted by molar-refractivity contribution is 0.275. The molecular weight excluding hydrogens is 685 g/mol. The lowest BCUT2D eigenvalue weighted by Gasteiger charge is -2.28. The second-order valence-corrected chi connectivity index (χ2v) is 17.3. The summed E-state index contributed by atoms with van der Waals surface area (Å²) in [4.78, 5) is 21.6. The van der Waals surface area contributed by atoms with Crippen LogP contribution < -0.4 is 31.8 Å². The molecule has 0 radical (unpaired) electrons. The second kappa shape index (κ2) is 15.6. The molecule has 3 N–H and O–H groups in total. The Kier molecular flexibility index (Phi) is 10.6. The quantitative estimate of drug-likeness (QED) is 0.145. The number of rotatable bonds is 7. The van der Waals surface area contributed by atoms with Crippen LogP contribution in [0.15, 0.2) is 194 Å². The molecule has 0 unspecified atom stereocenters. The summed E-state index contributed by atoms with van der Waals surface area (Å²) in [6.45, 7) is 0. The molecule has 0 heterocycles. The van der Waals surface area contributed by atoms with Gasteiger partial charge in [0, 0.05) is 0 Å². The van der Waals surface area contributed by atoms with E-state index in [9.17, 15) is 0 Å². The fraction of sp³-hybridized carbons (Fsp3) is 0. The zero-order chi connectivity index (χ0) is 35.2. The number of benzene rings is 8. The summed E-state index contributed by atoms with van der Waals surface area (Å²) in [5.74, 6) is 0. The third-order valence-electron chi connectivity index (χ3n) is 8.60. The van der Waals surface area contributed by atoms with E-state index >= 15 is 0 Å². The highest BCUT2D eigenvalue weighted by Gasteiger charge is 2.28. The minimum atomic E-state index is -4.64. The first-order valence-electron chi connectivity index (χ1n) is 16.5. The second-order valence-electron chi connectivity index (χ2n) is 11.9. The molecule has 0 saturated carbocycles. The normalized spacial score (nSPS) is 11.5. The Morgan fingerprint density at radius 3 is 0.882 bits per heavy atom. The first kappa shape index (κ1) is 34.7. The monoisotopic (exact) mass is 720 g/mol. The van der Waals surface area contributed by atoms with E-state index in [1.807, 2.05) is 0 Å². The molecule has 250 valence electrons. The Hall–Kier alpha value is -4.75. The van der Waals surface area contributed by atoms with Gasteiger partial charge >= 0.3 is 7.82 Å². The summed E-state index contributed by atoms with van der Waals surface area (Å²) in [7, 11) is -6.34. The van der Waals surface area contributed by atoms with Crippen LogP contribution in [0.25, 0.3) is 32.7 Å². The van der Waals surface area contributed by atoms with Gasteiger partial charge in [-0.25, -0.2) is 4.57 Å². The topological polar surface area (TPSA) is 77.8 Å². The molecule has 0 bridgehead atoms. The molecule has 0 spiro atoms. The summed E-state index contributed by atoms with van der Waals surface area (Å²) >= 11 is 0. The predicted octanol–water partition coefficient (Wildman–Crippen LogP) is 8.25. The number of hydrogen-bond acceptors (Lipinski definition) is 1. The molecule has 0 atom stereocenters. The van der Waals surface area contributed by atoms with Crippen molar-refractivity contribution in [3.05, 3.63) is 194 Å². The van der Waals surface area contributed by atoms with Crippen molar-refractivity contribution in [1.29, 1.82) is 0 Å². The molecule has 0 aliphatic carbocycles. The molecule has 0 aliphatic rings. The molecule has 7 heteroatoms. The van der Waals surface area contributed by atoms with Gasteiger partial charge in [-0.2, -0.15) is 0 Å². The minimum absolute atomic E-state index is 0.852. The molecule has 0 fully saturated rings. The third kappa shape index (κ3) is 7.94. The molecule has 0 amide bonds. The van der Waals surface area contributed by atoms with Crippen molar-refractivity contribution in [2.24, 2.45) is 0 Å². The van der Waals surface area contributed by atoms with Crippen molar-refractivity contribution >= 4 is 77.0 Å². The van der Waals surface area contributed by atoms with Crippen LogP contribution in [0, 0.1) is 0 Å². The maximum absolute atomic E-state index is 8.88.